The zero-order valence-corrected chi connectivity index (χ0v) is 26.3. The van der Waals surface area contributed by atoms with Crippen LogP contribution in [0.5, 0.6) is 6.01 Å². The fraction of sp³-hybridized carbons (Fsp3) is 0.344. The Balaban J connectivity index is 1.51. The standard InChI is InChI=1S/C32H29Cl2F2N7O3/c1-17(35)31(45)43-12-11-42(15-19(43)8-9-37)30-21-14-23(34)26(29-25-18(13-24(44)38-29)5-3-7-22(25)33)27(36)28(21)39-32(40-30)46-16-20-6-4-10-41(20)2/h3,5,7,13-14,19-20H,1,4,6,8,10-12,15-16H2,2H3,(H,38,44)/t19-,20-/m0/s1. The smallest absolute Gasteiger partial charge is 0.319 e. The zero-order chi connectivity index (χ0) is 32.7. The molecule has 14 heteroatoms. The molecule has 2 aromatic heterocycles. The number of ether oxygens (including phenoxy) is 1. The molecule has 1 N–H and O–H groups in total. The molecule has 4 heterocycles. The maximum Gasteiger partial charge on any atom is 0.319 e. The van der Waals surface area contributed by atoms with Crippen molar-refractivity contribution in [3.8, 4) is 23.3 Å². The first-order valence-corrected chi connectivity index (χ1v) is 15.4. The second-order valence-corrected chi connectivity index (χ2v) is 12.3. The number of carbonyl (C=O) groups is 1. The normalized spacial score (nSPS) is 18.7. The monoisotopic (exact) mass is 667 g/mol. The Morgan fingerprint density at radius 3 is 2.72 bits per heavy atom. The van der Waals surface area contributed by atoms with Gasteiger partial charge in [-0.2, -0.15) is 15.2 Å². The van der Waals surface area contributed by atoms with Crippen molar-refractivity contribution >= 4 is 56.6 Å². The number of benzene rings is 2. The third kappa shape index (κ3) is 5.86. The van der Waals surface area contributed by atoms with Crippen LogP contribution in [0.4, 0.5) is 14.6 Å². The van der Waals surface area contributed by atoms with Crippen LogP contribution in [0.1, 0.15) is 19.3 Å². The summed E-state index contributed by atoms with van der Waals surface area (Å²) in [5.41, 5.74) is -0.590. The van der Waals surface area contributed by atoms with Gasteiger partial charge in [-0.25, -0.2) is 8.78 Å². The van der Waals surface area contributed by atoms with Crippen molar-refractivity contribution in [1.29, 1.82) is 5.26 Å². The van der Waals surface area contributed by atoms with E-state index in [2.05, 4.69) is 26.4 Å². The molecular formula is C32H29Cl2F2N7O3. The van der Waals surface area contributed by atoms with Crippen molar-refractivity contribution in [3.63, 3.8) is 0 Å². The molecule has 2 aliphatic rings. The number of nitriles is 1. The van der Waals surface area contributed by atoms with Crippen LogP contribution in [0, 0.1) is 17.1 Å². The Hall–Kier alpha value is -4.31. The average Bonchev–Trinajstić information content (AvgIpc) is 3.43. The largest absolute Gasteiger partial charge is 0.462 e. The molecule has 1 amide bonds. The lowest BCUT2D eigenvalue weighted by Crippen LogP contribution is -2.55. The predicted octanol–water partition coefficient (Wildman–Crippen LogP) is 5.47. The Morgan fingerprint density at radius 1 is 1.20 bits per heavy atom. The van der Waals surface area contributed by atoms with E-state index in [1.54, 1.807) is 23.1 Å². The molecule has 0 spiro atoms. The predicted molar refractivity (Wildman–Crippen MR) is 172 cm³/mol. The molecule has 10 nitrogen and oxygen atoms in total. The van der Waals surface area contributed by atoms with Gasteiger partial charge in [-0.15, -0.1) is 0 Å². The van der Waals surface area contributed by atoms with E-state index in [1.807, 2.05) is 13.1 Å². The number of likely N-dealkylation sites (N-methyl/N-ethyl adjacent to an activating group) is 1. The minimum Gasteiger partial charge on any atom is -0.462 e. The Bertz CT molecular complexity index is 1980. The topological polar surface area (TPSA) is 118 Å². The van der Waals surface area contributed by atoms with Gasteiger partial charge >= 0.3 is 6.01 Å². The highest BCUT2D eigenvalue weighted by atomic mass is 35.5. The Labute approximate surface area is 272 Å². The summed E-state index contributed by atoms with van der Waals surface area (Å²) in [6.45, 7) is 4.65. The Morgan fingerprint density at radius 2 is 2.00 bits per heavy atom. The lowest BCUT2D eigenvalue weighted by atomic mass is 10.0. The van der Waals surface area contributed by atoms with Gasteiger partial charge in [0.2, 0.25) is 5.56 Å². The number of piperazine rings is 1. The maximum absolute atomic E-state index is 16.8. The molecule has 46 heavy (non-hydrogen) atoms. The number of likely N-dealkylation sites (tertiary alicyclic amines) is 1. The summed E-state index contributed by atoms with van der Waals surface area (Å²) in [5.74, 6) is -2.57. The third-order valence-corrected chi connectivity index (χ3v) is 9.21. The fourth-order valence-electron chi connectivity index (χ4n) is 6.28. The maximum atomic E-state index is 16.8. The second kappa shape index (κ2) is 12.8. The highest BCUT2D eigenvalue weighted by molar-refractivity contribution is 6.38. The first-order chi connectivity index (χ1) is 22.1. The van der Waals surface area contributed by atoms with E-state index in [-0.39, 0.29) is 77.7 Å². The number of carbonyl (C=O) groups excluding carboxylic acids is 1. The zero-order valence-electron chi connectivity index (χ0n) is 24.8. The molecule has 2 aromatic carbocycles. The van der Waals surface area contributed by atoms with Crippen molar-refractivity contribution in [3.05, 3.63) is 69.0 Å². The summed E-state index contributed by atoms with van der Waals surface area (Å²) >= 11 is 13.3. The molecule has 2 fully saturated rings. The molecule has 4 aromatic rings. The summed E-state index contributed by atoms with van der Waals surface area (Å²) in [6, 6.07) is 9.29. The Kier molecular flexibility index (Phi) is 8.83. The highest BCUT2D eigenvalue weighted by Crippen LogP contribution is 2.41. The number of halogens is 4. The number of hydrogen-bond acceptors (Lipinski definition) is 8. The van der Waals surface area contributed by atoms with Crippen molar-refractivity contribution in [2.24, 2.45) is 0 Å². The highest BCUT2D eigenvalue weighted by Gasteiger charge is 2.34. The summed E-state index contributed by atoms with van der Waals surface area (Å²) in [6.07, 6.45) is 1.86. The average molecular weight is 669 g/mol. The van der Waals surface area contributed by atoms with Gasteiger partial charge in [-0.05, 0) is 44.0 Å². The molecule has 0 unspecified atom stereocenters. The number of fused-ring (bicyclic) bond motifs is 2. The lowest BCUT2D eigenvalue weighted by molar-refractivity contribution is -0.131. The van der Waals surface area contributed by atoms with Crippen molar-refractivity contribution < 1.29 is 18.3 Å². The van der Waals surface area contributed by atoms with Gasteiger partial charge in [-0.1, -0.05) is 41.9 Å². The van der Waals surface area contributed by atoms with Crippen molar-refractivity contribution in [2.45, 2.75) is 31.3 Å². The van der Waals surface area contributed by atoms with Crippen LogP contribution in [-0.4, -0.2) is 82.6 Å². The molecule has 0 bridgehead atoms. The molecule has 2 saturated heterocycles. The summed E-state index contributed by atoms with van der Waals surface area (Å²) in [7, 11) is 2.00. The number of rotatable bonds is 7. The van der Waals surface area contributed by atoms with Gasteiger partial charge in [0.05, 0.1) is 39.8 Å². The summed E-state index contributed by atoms with van der Waals surface area (Å²) < 4.78 is 36.7. The van der Waals surface area contributed by atoms with Crippen molar-refractivity contribution in [1.82, 2.24) is 24.8 Å². The number of aromatic nitrogens is 3. The van der Waals surface area contributed by atoms with Crippen LogP contribution in [0.3, 0.4) is 0 Å². The van der Waals surface area contributed by atoms with Gasteiger partial charge < -0.3 is 24.4 Å². The van der Waals surface area contributed by atoms with Gasteiger partial charge in [-0.3, -0.25) is 9.59 Å². The first-order valence-electron chi connectivity index (χ1n) is 14.7. The van der Waals surface area contributed by atoms with Crippen molar-refractivity contribution in [2.75, 3.05) is 44.7 Å². The van der Waals surface area contributed by atoms with Crippen LogP contribution >= 0.6 is 23.2 Å². The molecule has 238 valence electrons. The lowest BCUT2D eigenvalue weighted by Gasteiger charge is -2.41. The molecule has 6 rings (SSSR count). The van der Waals surface area contributed by atoms with Crippen LogP contribution in [0.15, 0.2) is 47.5 Å². The molecule has 2 aliphatic heterocycles. The molecular weight excluding hydrogens is 639 g/mol. The van der Waals surface area contributed by atoms with Gasteiger partial charge in [0.15, 0.2) is 11.6 Å². The van der Waals surface area contributed by atoms with E-state index >= 15 is 4.39 Å². The van der Waals surface area contributed by atoms with E-state index in [9.17, 15) is 19.2 Å². The molecule has 0 saturated carbocycles. The number of pyridine rings is 1. The van der Waals surface area contributed by atoms with E-state index in [4.69, 9.17) is 27.9 Å². The van der Waals surface area contributed by atoms with E-state index in [0.29, 0.717) is 15.8 Å². The summed E-state index contributed by atoms with van der Waals surface area (Å²) in [4.78, 5) is 42.2. The third-order valence-electron chi connectivity index (χ3n) is 8.60. The van der Waals surface area contributed by atoms with Crippen LogP contribution in [0.25, 0.3) is 32.9 Å². The van der Waals surface area contributed by atoms with E-state index < -0.39 is 29.2 Å². The minimum absolute atomic E-state index is 0.0321. The molecule has 0 radical (unpaired) electrons. The number of nitrogens with zero attached hydrogens (tertiary/aromatic N) is 6. The quantitative estimate of drug-likeness (QED) is 0.258. The number of anilines is 1. The van der Waals surface area contributed by atoms with Crippen LogP contribution in [-0.2, 0) is 4.79 Å². The minimum atomic E-state index is -1.12. The van der Waals surface area contributed by atoms with Gasteiger partial charge in [0, 0.05) is 42.5 Å². The number of aromatic amines is 1. The van der Waals surface area contributed by atoms with Crippen LogP contribution in [0.2, 0.25) is 10.0 Å². The molecule has 0 aliphatic carbocycles. The summed E-state index contributed by atoms with van der Waals surface area (Å²) in [5, 5.41) is 10.9. The number of hydrogen-bond donors (Lipinski definition) is 1. The first kappa shape index (κ1) is 31.7. The van der Waals surface area contributed by atoms with Crippen LogP contribution < -0.4 is 15.2 Å². The fourth-order valence-corrected chi connectivity index (χ4v) is 6.84. The van der Waals surface area contributed by atoms with Gasteiger partial charge in [0.25, 0.3) is 5.91 Å². The SMILES string of the molecule is C=C(F)C(=O)N1CCN(c2nc(OC[C@@H]3CCCN3C)nc3c(F)c(-c4[nH]c(=O)cc5cccc(Cl)c45)c(Cl)cc23)C[C@@H]1CC#N. The number of H-pyrrole nitrogens is 1. The number of amides is 1. The molecule has 2 atom stereocenters. The second-order valence-electron chi connectivity index (χ2n) is 11.4. The van der Waals surface area contributed by atoms with E-state index in [1.165, 1.54) is 17.0 Å². The van der Waals surface area contributed by atoms with Gasteiger partial charge in [0.1, 0.15) is 17.9 Å². The number of nitrogens with one attached hydrogen (secondary N) is 1. The van der Waals surface area contributed by atoms with E-state index in [0.717, 1.165) is 19.4 Å².